The summed E-state index contributed by atoms with van der Waals surface area (Å²) in [5.41, 5.74) is 0.951. The molecule has 4 rings (SSSR count). The van der Waals surface area contributed by atoms with Gasteiger partial charge in [-0.15, -0.1) is 0 Å². The molecule has 3 aliphatic rings. The highest BCUT2D eigenvalue weighted by Gasteiger charge is 2.53. The van der Waals surface area contributed by atoms with Crippen molar-refractivity contribution in [1.29, 1.82) is 0 Å². The summed E-state index contributed by atoms with van der Waals surface area (Å²) < 4.78 is 52.3. The van der Waals surface area contributed by atoms with Crippen LogP contribution in [0.4, 0.5) is 13.2 Å². The van der Waals surface area contributed by atoms with E-state index in [4.69, 9.17) is 9.47 Å². The zero-order valence-electron chi connectivity index (χ0n) is 15.7. The number of benzene rings is 1. The van der Waals surface area contributed by atoms with Gasteiger partial charge in [0.15, 0.2) is 5.79 Å². The van der Waals surface area contributed by atoms with Gasteiger partial charge >= 0.3 is 6.18 Å². The molecular formula is C20H25F3N2O3. The molecule has 1 amide bonds. The van der Waals surface area contributed by atoms with Gasteiger partial charge in [-0.25, -0.2) is 0 Å². The highest BCUT2D eigenvalue weighted by molar-refractivity contribution is 5.80. The number of carbonyl (C=O) groups excluding carboxylic acids is 1. The highest BCUT2D eigenvalue weighted by atomic mass is 19.4. The number of rotatable bonds is 3. The molecule has 2 atom stereocenters. The summed E-state index contributed by atoms with van der Waals surface area (Å²) in [6.45, 7) is 2.22. The molecule has 0 unspecified atom stereocenters. The number of hydrogen-bond acceptors (Lipinski definition) is 4. The van der Waals surface area contributed by atoms with Crippen LogP contribution in [0.2, 0.25) is 0 Å². The van der Waals surface area contributed by atoms with E-state index in [-0.39, 0.29) is 13.1 Å². The fourth-order valence-electron chi connectivity index (χ4n) is 4.53. The van der Waals surface area contributed by atoms with Crippen LogP contribution in [0.3, 0.4) is 0 Å². The first-order valence-electron chi connectivity index (χ1n) is 9.76. The molecule has 3 saturated heterocycles. The smallest absolute Gasteiger partial charge is 0.347 e. The van der Waals surface area contributed by atoms with Gasteiger partial charge in [-0.3, -0.25) is 9.69 Å². The summed E-state index contributed by atoms with van der Waals surface area (Å²) in [6.07, 6.45) is -3.37. The first-order valence-corrected chi connectivity index (χ1v) is 9.76. The number of ether oxygens (including phenoxy) is 2. The van der Waals surface area contributed by atoms with Gasteiger partial charge in [-0.05, 0) is 5.56 Å². The Hall–Kier alpha value is -1.64. The molecule has 3 heterocycles. The van der Waals surface area contributed by atoms with Gasteiger partial charge in [0, 0.05) is 45.6 Å². The maximum absolute atomic E-state index is 13.7. The van der Waals surface area contributed by atoms with E-state index in [0.717, 1.165) is 5.56 Å². The van der Waals surface area contributed by atoms with Crippen molar-refractivity contribution in [2.45, 2.75) is 31.3 Å². The van der Waals surface area contributed by atoms with Gasteiger partial charge in [-0.2, -0.15) is 13.2 Å². The van der Waals surface area contributed by atoms with E-state index in [1.54, 1.807) is 9.80 Å². The molecule has 1 aromatic carbocycles. The van der Waals surface area contributed by atoms with E-state index in [1.165, 1.54) is 0 Å². The maximum atomic E-state index is 13.7. The Labute approximate surface area is 162 Å². The maximum Gasteiger partial charge on any atom is 0.393 e. The van der Waals surface area contributed by atoms with Crippen molar-refractivity contribution in [2.75, 3.05) is 39.4 Å². The number of likely N-dealkylation sites (tertiary alicyclic amines) is 2. The standard InChI is InChI=1S/C20H25F3N2O3/c21-20(22,23)17-14-24(12-15-4-2-1-3-5-15)13-16(17)18(26)25-8-6-19(7-9-25)27-10-11-28-19/h1-5,16-17H,6-14H2/t16-,17-/m1/s1. The molecule has 0 aliphatic carbocycles. The van der Waals surface area contributed by atoms with Crippen molar-refractivity contribution in [2.24, 2.45) is 11.8 Å². The van der Waals surface area contributed by atoms with Crippen LogP contribution in [-0.2, 0) is 20.8 Å². The van der Waals surface area contributed by atoms with E-state index < -0.39 is 29.7 Å². The highest BCUT2D eigenvalue weighted by Crippen LogP contribution is 2.40. The van der Waals surface area contributed by atoms with E-state index in [9.17, 15) is 18.0 Å². The second-order valence-electron chi connectivity index (χ2n) is 7.87. The minimum Gasteiger partial charge on any atom is -0.347 e. The number of piperidine rings is 1. The number of nitrogens with zero attached hydrogens (tertiary/aromatic N) is 2. The average molecular weight is 398 g/mol. The summed E-state index contributed by atoms with van der Waals surface area (Å²) in [4.78, 5) is 16.3. The molecule has 3 fully saturated rings. The lowest BCUT2D eigenvalue weighted by Gasteiger charge is -2.39. The molecule has 5 nitrogen and oxygen atoms in total. The third-order valence-electron chi connectivity index (χ3n) is 6.03. The summed E-state index contributed by atoms with van der Waals surface area (Å²) >= 11 is 0. The average Bonchev–Trinajstić information content (AvgIpc) is 3.30. The van der Waals surface area contributed by atoms with Crippen molar-refractivity contribution in [3.63, 3.8) is 0 Å². The molecule has 3 aliphatic heterocycles. The van der Waals surface area contributed by atoms with E-state index in [0.29, 0.717) is 45.7 Å². The van der Waals surface area contributed by atoms with Crippen molar-refractivity contribution in [3.05, 3.63) is 35.9 Å². The lowest BCUT2D eigenvalue weighted by atomic mass is 9.92. The molecule has 0 bridgehead atoms. The largest absolute Gasteiger partial charge is 0.393 e. The zero-order valence-corrected chi connectivity index (χ0v) is 15.7. The van der Waals surface area contributed by atoms with Gasteiger partial charge in [0.2, 0.25) is 5.91 Å². The summed E-state index contributed by atoms with van der Waals surface area (Å²) in [5.74, 6) is -3.72. The Balaban J connectivity index is 1.43. The van der Waals surface area contributed by atoms with Crippen molar-refractivity contribution >= 4 is 5.91 Å². The first-order chi connectivity index (χ1) is 13.4. The van der Waals surface area contributed by atoms with E-state index in [1.807, 2.05) is 30.3 Å². The van der Waals surface area contributed by atoms with Crippen molar-refractivity contribution < 1.29 is 27.4 Å². The fraction of sp³-hybridized carbons (Fsp3) is 0.650. The second-order valence-corrected chi connectivity index (χ2v) is 7.87. The molecule has 1 spiro atoms. The zero-order chi connectivity index (χ0) is 19.8. The van der Waals surface area contributed by atoms with Gasteiger partial charge in [0.1, 0.15) is 0 Å². The summed E-state index contributed by atoms with van der Waals surface area (Å²) in [5, 5.41) is 0. The molecule has 0 aromatic heterocycles. The second kappa shape index (κ2) is 7.65. The Morgan fingerprint density at radius 1 is 1.07 bits per heavy atom. The van der Waals surface area contributed by atoms with Crippen molar-refractivity contribution in [1.82, 2.24) is 9.80 Å². The van der Waals surface area contributed by atoms with Crippen LogP contribution in [0.15, 0.2) is 30.3 Å². The third kappa shape index (κ3) is 4.04. The first kappa shape index (κ1) is 19.7. The lowest BCUT2D eigenvalue weighted by Crippen LogP contribution is -2.50. The van der Waals surface area contributed by atoms with Crippen LogP contribution in [0.1, 0.15) is 18.4 Å². The quantitative estimate of drug-likeness (QED) is 0.785. The molecule has 8 heteroatoms. The normalized spacial score (nSPS) is 28.2. The van der Waals surface area contributed by atoms with Crippen LogP contribution in [0.5, 0.6) is 0 Å². The van der Waals surface area contributed by atoms with Gasteiger partial charge in [0.05, 0.1) is 25.0 Å². The van der Waals surface area contributed by atoms with E-state index in [2.05, 4.69) is 0 Å². The SMILES string of the molecule is O=C([C@@H]1CN(Cc2ccccc2)C[C@H]1C(F)(F)F)N1CCC2(CC1)OCCO2. The Kier molecular flexibility index (Phi) is 5.37. The summed E-state index contributed by atoms with van der Waals surface area (Å²) in [6, 6.07) is 9.39. The topological polar surface area (TPSA) is 42.0 Å². The van der Waals surface area contributed by atoms with Crippen LogP contribution in [-0.4, -0.2) is 67.1 Å². The number of alkyl halides is 3. The molecule has 0 saturated carbocycles. The van der Waals surface area contributed by atoms with Crippen LogP contribution >= 0.6 is 0 Å². The molecule has 1 aromatic rings. The van der Waals surface area contributed by atoms with Crippen LogP contribution in [0.25, 0.3) is 0 Å². The molecule has 0 N–H and O–H groups in total. The minimum atomic E-state index is -4.39. The van der Waals surface area contributed by atoms with E-state index >= 15 is 0 Å². The molecule has 28 heavy (non-hydrogen) atoms. The fourth-order valence-corrected chi connectivity index (χ4v) is 4.53. The number of amides is 1. The van der Waals surface area contributed by atoms with Crippen molar-refractivity contribution in [3.8, 4) is 0 Å². The van der Waals surface area contributed by atoms with Gasteiger partial charge in [0.25, 0.3) is 0 Å². The third-order valence-corrected chi connectivity index (χ3v) is 6.03. The number of carbonyl (C=O) groups is 1. The number of halogens is 3. The summed E-state index contributed by atoms with van der Waals surface area (Å²) in [7, 11) is 0. The number of hydrogen-bond donors (Lipinski definition) is 0. The lowest BCUT2D eigenvalue weighted by molar-refractivity contribution is -0.197. The molecule has 154 valence electrons. The molecular weight excluding hydrogens is 373 g/mol. The Morgan fingerprint density at radius 3 is 2.32 bits per heavy atom. The Bertz CT molecular complexity index is 682. The Morgan fingerprint density at radius 2 is 1.71 bits per heavy atom. The van der Waals surface area contributed by atoms with Crippen LogP contribution in [0, 0.1) is 11.8 Å². The monoisotopic (exact) mass is 398 g/mol. The van der Waals surface area contributed by atoms with Gasteiger partial charge in [-0.1, -0.05) is 30.3 Å². The predicted octanol–water partition coefficient (Wildman–Crippen LogP) is 2.66. The predicted molar refractivity (Wildman–Crippen MR) is 95.2 cm³/mol. The minimum absolute atomic E-state index is 0.131. The van der Waals surface area contributed by atoms with Gasteiger partial charge < -0.3 is 14.4 Å². The van der Waals surface area contributed by atoms with Crippen LogP contribution < -0.4 is 0 Å². The molecule has 0 radical (unpaired) electrons.